The van der Waals surface area contributed by atoms with Crippen LogP contribution in [0.15, 0.2) is 12.1 Å². The number of methoxy groups -OCH3 is 3. The molecule has 1 atom stereocenters. The maximum atomic E-state index is 10.2. The van der Waals surface area contributed by atoms with Gasteiger partial charge >= 0.3 is 0 Å². The molecule has 0 aliphatic carbocycles. The van der Waals surface area contributed by atoms with Crippen molar-refractivity contribution in [1.29, 1.82) is 5.26 Å². The molecule has 0 bridgehead atoms. The van der Waals surface area contributed by atoms with Crippen LogP contribution in [0.1, 0.15) is 83.6 Å². The Hall–Kier alpha value is -1.93. The number of nitrogens with zero attached hydrogens (tertiary/aromatic N) is 2. The molecule has 0 radical (unpaired) electrons. The smallest absolute Gasteiger partial charge is 0.203 e. The summed E-state index contributed by atoms with van der Waals surface area (Å²) < 4.78 is 16.5. The molecule has 1 aromatic carbocycles. The van der Waals surface area contributed by atoms with Crippen molar-refractivity contribution in [1.82, 2.24) is 4.90 Å². The van der Waals surface area contributed by atoms with Crippen LogP contribution in [0, 0.1) is 11.3 Å². The fourth-order valence-electron chi connectivity index (χ4n) is 4.28. The first-order valence-corrected chi connectivity index (χ1v) is 11.9. The van der Waals surface area contributed by atoms with E-state index >= 15 is 0 Å². The lowest BCUT2D eigenvalue weighted by molar-refractivity contribution is 0.306. The summed E-state index contributed by atoms with van der Waals surface area (Å²) >= 11 is 0. The molecule has 0 amide bonds. The molecule has 1 unspecified atom stereocenters. The Morgan fingerprint density at radius 2 is 1.39 bits per heavy atom. The SMILES string of the molecule is CCCCCCCN(C)CCCCC(C#N)(CCC)c1cc(OC)c(OC)c(OC)c1. The Morgan fingerprint density at radius 1 is 0.806 bits per heavy atom. The summed E-state index contributed by atoms with van der Waals surface area (Å²) in [6.45, 7) is 6.63. The largest absolute Gasteiger partial charge is 0.493 e. The highest BCUT2D eigenvalue weighted by Crippen LogP contribution is 2.44. The normalized spacial score (nSPS) is 13.0. The number of nitriles is 1. The van der Waals surface area contributed by atoms with Crippen molar-refractivity contribution in [2.24, 2.45) is 0 Å². The van der Waals surface area contributed by atoms with Gasteiger partial charge in [0, 0.05) is 0 Å². The molecule has 0 N–H and O–H groups in total. The average molecular weight is 433 g/mol. The molecule has 5 nitrogen and oxygen atoms in total. The predicted octanol–water partition coefficient (Wildman–Crippen LogP) is 6.35. The quantitative estimate of drug-likeness (QED) is 0.269. The topological polar surface area (TPSA) is 54.7 Å². The monoisotopic (exact) mass is 432 g/mol. The third kappa shape index (κ3) is 8.26. The van der Waals surface area contributed by atoms with E-state index in [4.69, 9.17) is 14.2 Å². The predicted molar refractivity (Wildman–Crippen MR) is 128 cm³/mol. The van der Waals surface area contributed by atoms with Gasteiger partial charge in [-0.15, -0.1) is 0 Å². The van der Waals surface area contributed by atoms with Crippen LogP contribution in [0.2, 0.25) is 0 Å². The molecule has 0 aliphatic heterocycles. The molecule has 0 spiro atoms. The van der Waals surface area contributed by atoms with E-state index in [1.54, 1.807) is 21.3 Å². The summed E-state index contributed by atoms with van der Waals surface area (Å²) in [7, 11) is 7.05. The molecular weight excluding hydrogens is 388 g/mol. The number of hydrogen-bond donors (Lipinski definition) is 0. The van der Waals surface area contributed by atoms with Crippen LogP contribution in [-0.4, -0.2) is 46.4 Å². The minimum Gasteiger partial charge on any atom is -0.493 e. The Bertz CT molecular complexity index is 646. The highest BCUT2D eigenvalue weighted by atomic mass is 16.5. The fourth-order valence-corrected chi connectivity index (χ4v) is 4.28. The molecule has 0 saturated heterocycles. The van der Waals surface area contributed by atoms with Gasteiger partial charge in [-0.05, 0) is 63.5 Å². The first-order chi connectivity index (χ1) is 15.0. The Morgan fingerprint density at radius 3 is 1.87 bits per heavy atom. The van der Waals surface area contributed by atoms with Gasteiger partial charge in [0.25, 0.3) is 0 Å². The average Bonchev–Trinajstić information content (AvgIpc) is 2.79. The highest BCUT2D eigenvalue weighted by Gasteiger charge is 2.33. The van der Waals surface area contributed by atoms with E-state index < -0.39 is 5.41 Å². The van der Waals surface area contributed by atoms with Crippen molar-refractivity contribution in [3.05, 3.63) is 17.7 Å². The second-order valence-corrected chi connectivity index (χ2v) is 8.53. The van der Waals surface area contributed by atoms with Crippen LogP contribution in [0.3, 0.4) is 0 Å². The first kappa shape index (κ1) is 27.1. The van der Waals surface area contributed by atoms with Gasteiger partial charge in [-0.2, -0.15) is 5.26 Å². The summed E-state index contributed by atoms with van der Waals surface area (Å²) in [6, 6.07) is 6.54. The lowest BCUT2D eigenvalue weighted by Crippen LogP contribution is -2.26. The maximum absolute atomic E-state index is 10.2. The van der Waals surface area contributed by atoms with E-state index in [0.717, 1.165) is 50.8 Å². The first-order valence-electron chi connectivity index (χ1n) is 11.9. The second kappa shape index (κ2) is 15.0. The van der Waals surface area contributed by atoms with Crippen molar-refractivity contribution in [3.8, 4) is 23.3 Å². The third-order valence-corrected chi connectivity index (χ3v) is 6.14. The zero-order valence-electron chi connectivity index (χ0n) is 20.8. The van der Waals surface area contributed by atoms with Crippen LogP contribution in [0.4, 0.5) is 0 Å². The maximum Gasteiger partial charge on any atom is 0.203 e. The summed E-state index contributed by atoms with van der Waals surface area (Å²) in [6.07, 6.45) is 11.3. The molecule has 1 rings (SSSR count). The van der Waals surface area contributed by atoms with Crippen LogP contribution >= 0.6 is 0 Å². The fraction of sp³-hybridized carbons (Fsp3) is 0.731. The lowest BCUT2D eigenvalue weighted by Gasteiger charge is -2.29. The zero-order valence-corrected chi connectivity index (χ0v) is 20.8. The van der Waals surface area contributed by atoms with Gasteiger partial charge in [-0.3, -0.25) is 0 Å². The highest BCUT2D eigenvalue weighted by molar-refractivity contribution is 5.56. The van der Waals surface area contributed by atoms with E-state index in [-0.39, 0.29) is 0 Å². The van der Waals surface area contributed by atoms with Gasteiger partial charge in [0.05, 0.1) is 32.8 Å². The third-order valence-electron chi connectivity index (χ3n) is 6.14. The molecule has 5 heteroatoms. The standard InChI is InChI=1S/C26H44N2O3/c1-7-9-10-11-13-17-28(3)18-14-12-16-26(21-27,15-8-2)22-19-23(29-4)25(31-6)24(20-22)30-5/h19-20H,7-18H2,1-6H3. The van der Waals surface area contributed by atoms with Crippen molar-refractivity contribution in [2.75, 3.05) is 41.5 Å². The molecule has 0 aliphatic rings. The van der Waals surface area contributed by atoms with Crippen molar-refractivity contribution >= 4 is 0 Å². The Balaban J connectivity index is 2.80. The number of benzene rings is 1. The van der Waals surface area contributed by atoms with Gasteiger partial charge < -0.3 is 19.1 Å². The van der Waals surface area contributed by atoms with Crippen LogP contribution < -0.4 is 14.2 Å². The van der Waals surface area contributed by atoms with Gasteiger partial charge in [-0.1, -0.05) is 52.4 Å². The summed E-state index contributed by atoms with van der Waals surface area (Å²) in [5.74, 6) is 1.78. The van der Waals surface area contributed by atoms with E-state index in [1.165, 1.54) is 32.1 Å². The lowest BCUT2D eigenvalue weighted by atomic mass is 9.74. The van der Waals surface area contributed by atoms with Gasteiger partial charge in [0.15, 0.2) is 11.5 Å². The number of rotatable bonds is 17. The molecule has 31 heavy (non-hydrogen) atoms. The number of hydrogen-bond acceptors (Lipinski definition) is 5. The molecule has 0 heterocycles. The Kier molecular flexibility index (Phi) is 13.1. The van der Waals surface area contributed by atoms with E-state index in [1.807, 2.05) is 12.1 Å². The summed E-state index contributed by atoms with van der Waals surface area (Å²) in [4.78, 5) is 2.43. The van der Waals surface area contributed by atoms with Gasteiger partial charge in [0.2, 0.25) is 5.75 Å². The van der Waals surface area contributed by atoms with Crippen molar-refractivity contribution in [2.45, 2.75) is 83.5 Å². The second-order valence-electron chi connectivity index (χ2n) is 8.53. The van der Waals surface area contributed by atoms with E-state index in [9.17, 15) is 5.26 Å². The number of ether oxygens (including phenoxy) is 3. The molecule has 0 aromatic heterocycles. The summed E-state index contributed by atoms with van der Waals surface area (Å²) in [5, 5.41) is 10.2. The molecular formula is C26H44N2O3. The van der Waals surface area contributed by atoms with Crippen molar-refractivity contribution < 1.29 is 14.2 Å². The minimum absolute atomic E-state index is 0.541. The molecule has 176 valence electrons. The van der Waals surface area contributed by atoms with Gasteiger partial charge in [-0.25, -0.2) is 0 Å². The Labute approximate surface area is 190 Å². The van der Waals surface area contributed by atoms with Crippen LogP contribution in [0.5, 0.6) is 17.2 Å². The van der Waals surface area contributed by atoms with Crippen LogP contribution in [0.25, 0.3) is 0 Å². The van der Waals surface area contributed by atoms with Crippen molar-refractivity contribution in [3.63, 3.8) is 0 Å². The molecule has 0 fully saturated rings. The molecule has 0 saturated carbocycles. The van der Waals surface area contributed by atoms with Crippen LogP contribution in [-0.2, 0) is 5.41 Å². The molecule has 1 aromatic rings. The summed E-state index contributed by atoms with van der Waals surface area (Å²) in [5.41, 5.74) is 0.413. The number of unbranched alkanes of at least 4 members (excludes halogenated alkanes) is 5. The van der Waals surface area contributed by atoms with E-state index in [0.29, 0.717) is 17.2 Å². The van der Waals surface area contributed by atoms with Gasteiger partial charge in [0.1, 0.15) is 0 Å². The zero-order chi connectivity index (χ0) is 23.1. The van der Waals surface area contributed by atoms with E-state index in [2.05, 4.69) is 31.9 Å². The minimum atomic E-state index is -0.541.